The van der Waals surface area contributed by atoms with E-state index in [-0.39, 0.29) is 133 Å². The maximum absolute atomic E-state index is 10.6. The molecule has 0 atom stereocenters. The number of aryl methyl sites for hydroxylation is 1. The van der Waals surface area contributed by atoms with Crippen molar-refractivity contribution in [3.8, 4) is 5.75 Å². The Morgan fingerprint density at radius 3 is 2.06 bits per heavy atom. The summed E-state index contributed by atoms with van der Waals surface area (Å²) >= 11 is 0. The molecular formula is C8H7NO5Rb2. The maximum atomic E-state index is 10.6. The topological polar surface area (TPSA) is 94.4 Å². The predicted molar refractivity (Wildman–Crippen MR) is 40.6 cm³/mol. The Hall–Kier alpha value is 1.63. The van der Waals surface area contributed by atoms with Crippen molar-refractivity contribution in [3.63, 3.8) is 0 Å². The van der Waals surface area contributed by atoms with Gasteiger partial charge < -0.3 is 29.1 Å². The van der Waals surface area contributed by atoms with E-state index in [1.54, 1.807) is 0 Å². The molecule has 0 aliphatic heterocycles. The maximum Gasteiger partial charge on any atom is 1.00 e. The summed E-state index contributed by atoms with van der Waals surface area (Å²) < 4.78 is 5.75. The Morgan fingerprint density at radius 2 is 1.75 bits per heavy atom. The number of ether oxygens (including phenoxy) is 1. The van der Waals surface area contributed by atoms with Gasteiger partial charge in [0.2, 0.25) is 0 Å². The second-order valence-corrected chi connectivity index (χ2v) is 2.61. The van der Waals surface area contributed by atoms with Gasteiger partial charge in [-0.3, -0.25) is 0 Å². The van der Waals surface area contributed by atoms with Gasteiger partial charge in [-0.05, 0) is 0 Å². The summed E-state index contributed by atoms with van der Waals surface area (Å²) in [6.07, 6.45) is 1.10. The van der Waals surface area contributed by atoms with Crippen LogP contribution in [0.3, 0.4) is 0 Å². The van der Waals surface area contributed by atoms with Crippen LogP contribution in [0.4, 0.5) is 0 Å². The number of carbonyl (C=O) groups excluding carboxylic acids is 2. The van der Waals surface area contributed by atoms with Crippen LogP contribution < -0.4 is 131 Å². The van der Waals surface area contributed by atoms with Gasteiger partial charge >= 0.3 is 116 Å². The minimum atomic E-state index is -1.50. The molecule has 0 fully saturated rings. The summed E-state index contributed by atoms with van der Waals surface area (Å²) in [6, 6.07) is 0. The summed E-state index contributed by atoms with van der Waals surface area (Å²) in [7, 11) is 2.55. The van der Waals surface area contributed by atoms with Crippen LogP contribution in [-0.4, -0.2) is 23.6 Å². The monoisotopic (exact) mass is 367 g/mol. The number of methoxy groups -OCH3 is 1. The van der Waals surface area contributed by atoms with Crippen molar-refractivity contribution >= 4 is 11.9 Å². The molecule has 0 spiro atoms. The molecule has 1 rings (SSSR count). The fourth-order valence-electron chi connectivity index (χ4n) is 1.19. The van der Waals surface area contributed by atoms with Crippen LogP contribution in [0, 0.1) is 0 Å². The molecule has 1 aromatic rings. The standard InChI is InChI=1S/C8H9NO5.2Rb/c1-9-3-4(7(10)11)6(14-2)5(9)8(12)13;;/h3H,1-2H3,(H,10,11)(H,12,13);;/q;2*+1/p-2. The Labute approximate surface area is 190 Å². The smallest absolute Gasteiger partial charge is 0.545 e. The van der Waals surface area contributed by atoms with Crippen molar-refractivity contribution in [1.82, 2.24) is 4.57 Å². The third kappa shape index (κ3) is 4.38. The molecule has 0 aliphatic carbocycles. The van der Waals surface area contributed by atoms with E-state index in [2.05, 4.69) is 4.74 Å². The van der Waals surface area contributed by atoms with Gasteiger partial charge in [0.25, 0.3) is 0 Å². The SMILES string of the molecule is COc1c(C(=O)[O-])cn(C)c1C(=O)[O-].[Rb+].[Rb+]. The van der Waals surface area contributed by atoms with Crippen molar-refractivity contribution in [1.29, 1.82) is 0 Å². The molecule has 0 aromatic carbocycles. The van der Waals surface area contributed by atoms with E-state index in [9.17, 15) is 19.8 Å². The third-order valence-corrected chi connectivity index (χ3v) is 1.75. The fourth-order valence-corrected chi connectivity index (χ4v) is 1.19. The Kier molecular flexibility index (Phi) is 10.8. The Morgan fingerprint density at radius 1 is 1.25 bits per heavy atom. The summed E-state index contributed by atoms with van der Waals surface area (Å²) in [5.41, 5.74) is -0.638. The molecule has 0 amide bonds. The van der Waals surface area contributed by atoms with Gasteiger partial charge in [-0.2, -0.15) is 0 Å². The quantitative estimate of drug-likeness (QED) is 0.528. The predicted octanol–water partition coefficient (Wildman–Crippen LogP) is -8.23. The molecule has 1 aromatic heterocycles. The number of carboxylic acid groups (broad SMARTS) is 2. The second-order valence-electron chi connectivity index (χ2n) is 2.61. The molecule has 0 saturated heterocycles. The first-order valence-electron chi connectivity index (χ1n) is 3.65. The van der Waals surface area contributed by atoms with E-state index in [1.807, 2.05) is 0 Å². The van der Waals surface area contributed by atoms with Crippen LogP contribution in [0.1, 0.15) is 20.8 Å². The van der Waals surface area contributed by atoms with Gasteiger partial charge in [0.15, 0.2) is 5.75 Å². The van der Waals surface area contributed by atoms with Crippen molar-refractivity contribution in [2.24, 2.45) is 7.05 Å². The van der Waals surface area contributed by atoms with Crippen molar-refractivity contribution in [2.45, 2.75) is 0 Å². The Balaban J connectivity index is 0. The van der Waals surface area contributed by atoms with Crippen LogP contribution in [-0.2, 0) is 7.05 Å². The first-order valence-corrected chi connectivity index (χ1v) is 3.65. The number of rotatable bonds is 3. The number of nitrogens with zero attached hydrogens (tertiary/aromatic N) is 1. The molecule has 0 N–H and O–H groups in total. The molecule has 0 radical (unpaired) electrons. The van der Waals surface area contributed by atoms with E-state index in [1.165, 1.54) is 14.2 Å². The molecule has 0 aliphatic rings. The van der Waals surface area contributed by atoms with Crippen LogP contribution in [0.2, 0.25) is 0 Å². The second kappa shape index (κ2) is 8.68. The zero-order chi connectivity index (χ0) is 10.9. The molecular weight excluding hydrogens is 361 g/mol. The molecule has 76 valence electrons. The molecule has 8 heteroatoms. The number of aromatic nitrogens is 1. The third-order valence-electron chi connectivity index (χ3n) is 1.75. The number of hydrogen-bond acceptors (Lipinski definition) is 5. The van der Waals surface area contributed by atoms with Crippen molar-refractivity contribution < 1.29 is 141 Å². The zero-order valence-electron chi connectivity index (χ0n) is 9.57. The minimum absolute atomic E-state index is 0. The van der Waals surface area contributed by atoms with Gasteiger partial charge in [-0.15, -0.1) is 0 Å². The van der Waals surface area contributed by atoms with E-state index < -0.39 is 11.9 Å². The average molecular weight is 368 g/mol. The van der Waals surface area contributed by atoms with E-state index in [4.69, 9.17) is 0 Å². The van der Waals surface area contributed by atoms with Crippen LogP contribution in [0.5, 0.6) is 5.75 Å². The summed E-state index contributed by atoms with van der Waals surface area (Å²) in [5.74, 6) is -3.26. The molecule has 16 heavy (non-hydrogen) atoms. The van der Waals surface area contributed by atoms with Crippen LogP contribution in [0.15, 0.2) is 6.20 Å². The van der Waals surface area contributed by atoms with Crippen molar-refractivity contribution in [2.75, 3.05) is 7.11 Å². The van der Waals surface area contributed by atoms with Gasteiger partial charge in [-0.25, -0.2) is 0 Å². The zero-order valence-corrected chi connectivity index (χ0v) is 19.4. The molecule has 0 unspecified atom stereocenters. The Bertz CT molecular complexity index is 401. The first-order chi connectivity index (χ1) is 6.49. The van der Waals surface area contributed by atoms with Gasteiger partial charge in [0.05, 0.1) is 24.6 Å². The number of carbonyl (C=O) groups is 2. The molecule has 1 heterocycles. The normalized spacial score (nSPS) is 8.62. The summed E-state index contributed by atoms with van der Waals surface area (Å²) in [6.45, 7) is 0. The van der Waals surface area contributed by atoms with Gasteiger partial charge in [-0.1, -0.05) is 0 Å². The van der Waals surface area contributed by atoms with E-state index >= 15 is 0 Å². The van der Waals surface area contributed by atoms with Crippen LogP contribution >= 0.6 is 0 Å². The number of hydrogen-bond donors (Lipinski definition) is 0. The van der Waals surface area contributed by atoms with Crippen LogP contribution in [0.25, 0.3) is 0 Å². The largest absolute Gasteiger partial charge is 1.00 e. The average Bonchev–Trinajstić information content (AvgIpc) is 2.41. The van der Waals surface area contributed by atoms with Gasteiger partial charge in [0.1, 0.15) is 5.69 Å². The number of carboxylic acids is 2. The van der Waals surface area contributed by atoms with Crippen molar-refractivity contribution in [3.05, 3.63) is 17.5 Å². The van der Waals surface area contributed by atoms with Gasteiger partial charge in [0, 0.05) is 13.2 Å². The fraction of sp³-hybridized carbons (Fsp3) is 0.250. The first kappa shape index (κ1) is 20.0. The number of aromatic carboxylic acids is 2. The summed E-state index contributed by atoms with van der Waals surface area (Å²) in [4.78, 5) is 21.2. The minimum Gasteiger partial charge on any atom is -0.545 e. The van der Waals surface area contributed by atoms with E-state index in [0.29, 0.717) is 0 Å². The molecule has 0 bridgehead atoms. The summed E-state index contributed by atoms with van der Waals surface area (Å²) in [5, 5.41) is 21.2. The molecule has 0 saturated carbocycles. The molecule has 6 nitrogen and oxygen atoms in total. The van der Waals surface area contributed by atoms with E-state index in [0.717, 1.165) is 10.8 Å².